The summed E-state index contributed by atoms with van der Waals surface area (Å²) in [6, 6.07) is 7.55. The molecule has 1 unspecified atom stereocenters. The first-order chi connectivity index (χ1) is 6.18. The molecule has 2 rings (SSSR count). The summed E-state index contributed by atoms with van der Waals surface area (Å²) >= 11 is -0.782. The minimum Gasteiger partial charge on any atom is -0.768 e. The third-order valence-corrected chi connectivity index (χ3v) is 4.07. The predicted octanol–water partition coefficient (Wildman–Crippen LogP) is -0.548. The number of fused-ring (bicyclic) bond motifs is 1. The number of hydrogen-bond donors (Lipinski definition) is 0. The van der Waals surface area contributed by atoms with E-state index in [1.807, 2.05) is 25.1 Å². The number of aryl methyl sites for hydroxylation is 1. The van der Waals surface area contributed by atoms with Gasteiger partial charge >= 0.3 is 29.6 Å². The van der Waals surface area contributed by atoms with Gasteiger partial charge in [-0.15, -0.1) is 11.3 Å². The second-order valence-corrected chi connectivity index (χ2v) is 5.01. The molecule has 0 aliphatic carbocycles. The van der Waals surface area contributed by atoms with Crippen molar-refractivity contribution in [2.75, 3.05) is 0 Å². The zero-order valence-corrected chi connectivity index (χ0v) is 11.6. The van der Waals surface area contributed by atoms with Crippen LogP contribution in [0.2, 0.25) is 0 Å². The standard InChI is InChI=1S/C9H8O2S2.Na/c1-6-3-2-4-7-5-8(13(10)11)12-9(6)7;/h2-5H,1H3,(H,10,11);/q;+1/p-1. The summed E-state index contributed by atoms with van der Waals surface area (Å²) in [7, 11) is 0. The molecule has 0 radical (unpaired) electrons. The van der Waals surface area contributed by atoms with Crippen molar-refractivity contribution in [3.63, 3.8) is 0 Å². The van der Waals surface area contributed by atoms with Crippen LogP contribution in [0.4, 0.5) is 0 Å². The third kappa shape index (κ3) is 2.27. The topological polar surface area (TPSA) is 40.1 Å². The van der Waals surface area contributed by atoms with E-state index in [1.165, 1.54) is 11.3 Å². The molecule has 0 saturated carbocycles. The van der Waals surface area contributed by atoms with E-state index in [0.29, 0.717) is 4.21 Å². The fourth-order valence-electron chi connectivity index (χ4n) is 1.27. The molecule has 1 aromatic carbocycles. The van der Waals surface area contributed by atoms with Crippen molar-refractivity contribution in [3.8, 4) is 0 Å². The Morgan fingerprint density at radius 1 is 1.43 bits per heavy atom. The summed E-state index contributed by atoms with van der Waals surface area (Å²) in [5, 5.41) is 1.00. The molecular formula is C9H7NaO2S2. The molecule has 1 aromatic heterocycles. The molecule has 2 aromatic rings. The Kier molecular flexibility index (Phi) is 4.30. The normalized spacial score (nSPS) is 12.4. The van der Waals surface area contributed by atoms with E-state index in [2.05, 4.69) is 0 Å². The third-order valence-electron chi connectivity index (χ3n) is 1.88. The number of benzene rings is 1. The molecule has 0 N–H and O–H groups in total. The van der Waals surface area contributed by atoms with E-state index in [-0.39, 0.29) is 29.6 Å². The van der Waals surface area contributed by atoms with Crippen molar-refractivity contribution in [3.05, 3.63) is 29.8 Å². The summed E-state index contributed by atoms with van der Waals surface area (Å²) < 4.78 is 22.8. The quantitative estimate of drug-likeness (QED) is 0.491. The van der Waals surface area contributed by atoms with Gasteiger partial charge in [0.25, 0.3) is 0 Å². The smallest absolute Gasteiger partial charge is 0.768 e. The first kappa shape index (κ1) is 12.4. The largest absolute Gasteiger partial charge is 1.00 e. The number of hydrogen-bond acceptors (Lipinski definition) is 3. The van der Waals surface area contributed by atoms with Gasteiger partial charge in [-0.3, -0.25) is 4.21 Å². The van der Waals surface area contributed by atoms with E-state index in [9.17, 15) is 8.76 Å². The van der Waals surface area contributed by atoms with E-state index in [1.54, 1.807) is 6.07 Å². The summed E-state index contributed by atoms with van der Waals surface area (Å²) in [6.45, 7) is 1.98. The van der Waals surface area contributed by atoms with Crippen LogP contribution >= 0.6 is 11.3 Å². The van der Waals surface area contributed by atoms with Crippen molar-refractivity contribution in [1.82, 2.24) is 0 Å². The Morgan fingerprint density at radius 2 is 2.14 bits per heavy atom. The van der Waals surface area contributed by atoms with Gasteiger partial charge in [0.1, 0.15) is 0 Å². The molecule has 0 bridgehead atoms. The summed E-state index contributed by atoms with van der Waals surface area (Å²) in [6.07, 6.45) is 0. The summed E-state index contributed by atoms with van der Waals surface area (Å²) in [5.41, 5.74) is 1.12. The molecule has 68 valence electrons. The van der Waals surface area contributed by atoms with Gasteiger partial charge in [0.2, 0.25) is 0 Å². The molecule has 0 spiro atoms. The van der Waals surface area contributed by atoms with Crippen LogP contribution in [0.15, 0.2) is 28.5 Å². The van der Waals surface area contributed by atoms with Crippen LogP contribution in [0, 0.1) is 6.92 Å². The number of rotatable bonds is 1. The van der Waals surface area contributed by atoms with Gasteiger partial charge in [0.15, 0.2) is 0 Å². The van der Waals surface area contributed by atoms with Crippen LogP contribution in [-0.4, -0.2) is 8.76 Å². The van der Waals surface area contributed by atoms with Gasteiger partial charge < -0.3 is 4.55 Å². The molecule has 14 heavy (non-hydrogen) atoms. The molecule has 1 atom stereocenters. The zero-order valence-electron chi connectivity index (χ0n) is 7.94. The van der Waals surface area contributed by atoms with Crippen LogP contribution in [0.1, 0.15) is 5.56 Å². The number of thiophene rings is 1. The Balaban J connectivity index is 0.000000980. The van der Waals surface area contributed by atoms with Gasteiger partial charge in [-0.2, -0.15) is 0 Å². The van der Waals surface area contributed by atoms with Gasteiger partial charge in [0.05, 0.1) is 4.21 Å². The predicted molar refractivity (Wildman–Crippen MR) is 53.7 cm³/mol. The van der Waals surface area contributed by atoms with E-state index < -0.39 is 11.1 Å². The van der Waals surface area contributed by atoms with Crippen molar-refractivity contribution in [2.45, 2.75) is 11.1 Å². The second kappa shape index (κ2) is 4.88. The van der Waals surface area contributed by atoms with Crippen molar-refractivity contribution in [1.29, 1.82) is 0 Å². The molecule has 0 aliphatic rings. The second-order valence-electron chi connectivity index (χ2n) is 2.79. The van der Waals surface area contributed by atoms with Gasteiger partial charge in [-0.05, 0) is 35.0 Å². The molecule has 0 saturated heterocycles. The Bertz CT molecular complexity index is 479. The molecule has 1 heterocycles. The molecule has 0 aliphatic heterocycles. The Morgan fingerprint density at radius 3 is 2.71 bits per heavy atom. The Hall–Kier alpha value is 0.290. The van der Waals surface area contributed by atoms with E-state index in [0.717, 1.165) is 15.6 Å². The molecular weight excluding hydrogens is 227 g/mol. The maximum absolute atomic E-state index is 10.7. The van der Waals surface area contributed by atoms with Crippen LogP contribution in [0.5, 0.6) is 0 Å². The first-order valence-corrected chi connectivity index (χ1v) is 5.66. The minimum atomic E-state index is -2.10. The monoisotopic (exact) mass is 234 g/mol. The SMILES string of the molecule is Cc1cccc2cc(S(=O)[O-])sc12.[Na+]. The summed E-state index contributed by atoms with van der Waals surface area (Å²) in [4.78, 5) is 0. The van der Waals surface area contributed by atoms with Crippen molar-refractivity contribution >= 4 is 32.5 Å². The first-order valence-electron chi connectivity index (χ1n) is 3.77. The summed E-state index contributed by atoms with van der Waals surface area (Å²) in [5.74, 6) is 0. The Labute approximate surface area is 111 Å². The van der Waals surface area contributed by atoms with E-state index in [4.69, 9.17) is 0 Å². The maximum Gasteiger partial charge on any atom is 1.00 e. The zero-order chi connectivity index (χ0) is 9.42. The van der Waals surface area contributed by atoms with Crippen LogP contribution in [0.3, 0.4) is 0 Å². The van der Waals surface area contributed by atoms with Crippen molar-refractivity contribution in [2.24, 2.45) is 0 Å². The maximum atomic E-state index is 10.7. The van der Waals surface area contributed by atoms with Gasteiger partial charge in [0, 0.05) is 4.70 Å². The van der Waals surface area contributed by atoms with Crippen LogP contribution in [-0.2, 0) is 11.1 Å². The molecule has 5 heteroatoms. The molecule has 0 amide bonds. The molecule has 2 nitrogen and oxygen atoms in total. The fourth-order valence-corrected chi connectivity index (χ4v) is 2.87. The van der Waals surface area contributed by atoms with Crippen LogP contribution < -0.4 is 29.6 Å². The molecule has 0 fully saturated rings. The van der Waals surface area contributed by atoms with Crippen molar-refractivity contribution < 1.29 is 38.3 Å². The van der Waals surface area contributed by atoms with E-state index >= 15 is 0 Å². The average Bonchev–Trinajstić information content (AvgIpc) is 2.49. The van der Waals surface area contributed by atoms with Gasteiger partial charge in [-0.25, -0.2) is 0 Å². The van der Waals surface area contributed by atoms with Gasteiger partial charge in [-0.1, -0.05) is 18.2 Å². The van der Waals surface area contributed by atoms with Crippen LogP contribution in [0.25, 0.3) is 10.1 Å². The average molecular weight is 234 g/mol. The minimum absolute atomic E-state index is 0. The fraction of sp³-hybridized carbons (Fsp3) is 0.111.